The van der Waals surface area contributed by atoms with Crippen LogP contribution in [0.15, 0.2) is 85.1 Å². The van der Waals surface area contributed by atoms with Gasteiger partial charge in [0.1, 0.15) is 12.7 Å². The van der Waals surface area contributed by atoms with Gasteiger partial charge in [0.15, 0.2) is 6.10 Å². The zero-order chi connectivity index (χ0) is 45.1. The van der Waals surface area contributed by atoms with Gasteiger partial charge in [-0.3, -0.25) is 23.2 Å². The average molecular weight is 901 g/mol. The van der Waals surface area contributed by atoms with Crippen LogP contribution in [0.1, 0.15) is 155 Å². The molecule has 0 fully saturated rings. The van der Waals surface area contributed by atoms with Crippen LogP contribution in [0.3, 0.4) is 0 Å². The van der Waals surface area contributed by atoms with Crippen molar-refractivity contribution in [1.82, 2.24) is 0 Å². The predicted octanol–water partition coefficient (Wildman–Crippen LogP) is 11.6. The Labute approximate surface area is 367 Å². The van der Waals surface area contributed by atoms with E-state index in [1.54, 1.807) is 0 Å². The van der Waals surface area contributed by atoms with Crippen LogP contribution in [0.4, 0.5) is 0 Å². The van der Waals surface area contributed by atoms with E-state index in [4.69, 9.17) is 23.8 Å². The van der Waals surface area contributed by atoms with Crippen LogP contribution in [0.2, 0.25) is 0 Å². The zero-order valence-corrected chi connectivity index (χ0v) is 38.8. The lowest BCUT2D eigenvalue weighted by Gasteiger charge is -2.20. The van der Waals surface area contributed by atoms with E-state index in [0.717, 1.165) is 70.6 Å². The second-order valence-electron chi connectivity index (χ2n) is 14.6. The lowest BCUT2D eigenvalue weighted by Crippen LogP contribution is -2.29. The third-order valence-electron chi connectivity index (χ3n) is 8.77. The lowest BCUT2D eigenvalue weighted by atomic mass is 10.1. The molecule has 0 aromatic rings. The van der Waals surface area contributed by atoms with Crippen LogP contribution in [-0.4, -0.2) is 70.4 Å². The van der Waals surface area contributed by atoms with Crippen molar-refractivity contribution in [3.63, 3.8) is 0 Å². The molecule has 1 unspecified atom stereocenters. The number of phosphoric ester groups is 2. The number of ether oxygens (including phenoxy) is 2. The van der Waals surface area contributed by atoms with Crippen LogP contribution < -0.4 is 0 Å². The minimum Gasteiger partial charge on any atom is -0.462 e. The molecule has 61 heavy (non-hydrogen) atoms. The number of hydrogen-bond donors (Lipinski definition) is 4. The second-order valence-corrected chi connectivity index (χ2v) is 17.3. The second kappa shape index (κ2) is 41.3. The maximum absolute atomic E-state index is 12.7. The molecule has 0 aromatic heterocycles. The van der Waals surface area contributed by atoms with E-state index in [0.29, 0.717) is 19.3 Å². The highest BCUT2D eigenvalue weighted by Crippen LogP contribution is 2.43. The van der Waals surface area contributed by atoms with E-state index in [-0.39, 0.29) is 12.8 Å². The van der Waals surface area contributed by atoms with Crippen molar-refractivity contribution in [3.05, 3.63) is 85.1 Å². The van der Waals surface area contributed by atoms with Gasteiger partial charge in [-0.05, 0) is 77.0 Å². The van der Waals surface area contributed by atoms with Gasteiger partial charge in [-0.25, -0.2) is 9.13 Å². The molecule has 4 N–H and O–H groups in total. The molecule has 0 saturated heterocycles. The monoisotopic (exact) mass is 900 g/mol. The van der Waals surface area contributed by atoms with Gasteiger partial charge >= 0.3 is 27.6 Å². The average Bonchev–Trinajstić information content (AvgIpc) is 3.22. The zero-order valence-electron chi connectivity index (χ0n) is 37.0. The highest BCUT2D eigenvalue weighted by atomic mass is 31.2. The number of hydrogen-bond acceptors (Lipinski definition) is 10. The first-order valence-corrected chi connectivity index (χ1v) is 25.3. The highest BCUT2D eigenvalue weighted by molar-refractivity contribution is 7.47. The van der Waals surface area contributed by atoms with E-state index < -0.39 is 66.2 Å². The molecule has 0 aromatic carbocycles. The quantitative estimate of drug-likeness (QED) is 0.0196. The normalized spacial score (nSPS) is 14.8. The van der Waals surface area contributed by atoms with Gasteiger partial charge in [0.05, 0.1) is 19.8 Å². The number of allylic oxidation sites excluding steroid dienone is 14. The molecule has 0 aliphatic heterocycles. The number of esters is 2. The maximum Gasteiger partial charge on any atom is 0.472 e. The molecule has 0 radical (unpaired) electrons. The minimum atomic E-state index is -4.87. The molecule has 15 heteroatoms. The summed E-state index contributed by atoms with van der Waals surface area (Å²) in [6.45, 7) is 1.54. The fourth-order valence-corrected chi connectivity index (χ4v) is 6.58. The molecule has 3 atom stereocenters. The summed E-state index contributed by atoms with van der Waals surface area (Å²) < 4.78 is 47.7. The van der Waals surface area contributed by atoms with Crippen molar-refractivity contribution >= 4 is 27.6 Å². The van der Waals surface area contributed by atoms with Crippen LogP contribution in [-0.2, 0) is 41.8 Å². The van der Waals surface area contributed by atoms with E-state index in [1.807, 2.05) is 18.2 Å². The molecule has 13 nitrogen and oxygen atoms in total. The van der Waals surface area contributed by atoms with Gasteiger partial charge < -0.3 is 29.3 Å². The fraction of sp³-hybridized carbons (Fsp3) is 0.652. The van der Waals surface area contributed by atoms with E-state index in [1.165, 1.54) is 38.5 Å². The molecule has 0 rings (SSSR count). The number of carbonyl (C=O) groups excluding carboxylic acids is 2. The minimum absolute atomic E-state index is 0.0643. The molecule has 0 spiro atoms. The summed E-state index contributed by atoms with van der Waals surface area (Å²) >= 11 is 0. The SMILES string of the molecule is CC/C=C\C/C=C\C/C=C\C/C=C\C/C=C\C/C=C\CCC(=O)OC[C@H](COP(=O)(O)OC[C@@H](O)COP(=O)(O)O)OC(=O)CCCCCCC/C=C\CCCCCCCC. The van der Waals surface area contributed by atoms with Crippen molar-refractivity contribution in [2.75, 3.05) is 26.4 Å². The summed E-state index contributed by atoms with van der Waals surface area (Å²) in [5, 5.41) is 9.75. The predicted molar refractivity (Wildman–Crippen MR) is 243 cm³/mol. The molecule has 0 saturated carbocycles. The summed E-state index contributed by atoms with van der Waals surface area (Å²) in [6.07, 6.45) is 47.3. The van der Waals surface area contributed by atoms with Crippen LogP contribution in [0.25, 0.3) is 0 Å². The number of aliphatic hydroxyl groups excluding tert-OH is 1. The van der Waals surface area contributed by atoms with E-state index in [9.17, 15) is 28.7 Å². The molecule has 0 aliphatic rings. The van der Waals surface area contributed by atoms with E-state index >= 15 is 0 Å². The number of rotatable bonds is 41. The fourth-order valence-electron chi connectivity index (χ4n) is 5.43. The summed E-state index contributed by atoms with van der Waals surface area (Å²) in [5.74, 6) is -1.15. The van der Waals surface area contributed by atoms with Crippen molar-refractivity contribution in [1.29, 1.82) is 0 Å². The molecule has 0 heterocycles. The Hall–Kier alpha value is -2.70. The number of phosphoric acid groups is 2. The Balaban J connectivity index is 4.65. The van der Waals surface area contributed by atoms with Crippen molar-refractivity contribution in [3.8, 4) is 0 Å². The van der Waals surface area contributed by atoms with Gasteiger partial charge in [-0.2, -0.15) is 0 Å². The third kappa shape index (κ3) is 45.1. The molecular formula is C46H78O13P2. The number of aliphatic hydroxyl groups is 1. The first-order chi connectivity index (χ1) is 29.4. The van der Waals surface area contributed by atoms with Crippen LogP contribution in [0, 0.1) is 0 Å². The van der Waals surface area contributed by atoms with Gasteiger partial charge in [0.25, 0.3) is 0 Å². The summed E-state index contributed by atoms with van der Waals surface area (Å²) in [4.78, 5) is 52.7. The topological polar surface area (TPSA) is 195 Å². The first kappa shape index (κ1) is 58.3. The molecule has 350 valence electrons. The lowest BCUT2D eigenvalue weighted by molar-refractivity contribution is -0.161. The Bertz CT molecular complexity index is 1400. The Kier molecular flexibility index (Phi) is 39.5. The van der Waals surface area contributed by atoms with Crippen molar-refractivity contribution in [2.24, 2.45) is 0 Å². The summed E-state index contributed by atoms with van der Waals surface area (Å²) in [5.41, 5.74) is 0. The van der Waals surface area contributed by atoms with Gasteiger partial charge in [-0.1, -0.05) is 150 Å². The maximum atomic E-state index is 12.7. The Morgan fingerprint density at radius 2 is 0.934 bits per heavy atom. The van der Waals surface area contributed by atoms with Gasteiger partial charge in [0, 0.05) is 12.8 Å². The molecule has 0 bridgehead atoms. The third-order valence-corrected chi connectivity index (χ3v) is 10.2. The first-order valence-electron chi connectivity index (χ1n) is 22.3. The summed E-state index contributed by atoms with van der Waals surface area (Å²) in [6, 6.07) is 0. The molecule has 0 aliphatic carbocycles. The van der Waals surface area contributed by atoms with Crippen LogP contribution >= 0.6 is 15.6 Å². The van der Waals surface area contributed by atoms with Crippen LogP contribution in [0.5, 0.6) is 0 Å². The molecular weight excluding hydrogens is 822 g/mol. The Morgan fingerprint density at radius 3 is 1.46 bits per heavy atom. The Morgan fingerprint density at radius 1 is 0.492 bits per heavy atom. The van der Waals surface area contributed by atoms with Gasteiger partial charge in [-0.15, -0.1) is 0 Å². The number of carbonyl (C=O) groups is 2. The number of unbranched alkanes of at least 4 members (excludes halogenated alkanes) is 11. The molecule has 0 amide bonds. The highest BCUT2D eigenvalue weighted by Gasteiger charge is 2.28. The largest absolute Gasteiger partial charge is 0.472 e. The van der Waals surface area contributed by atoms with Crippen molar-refractivity contribution < 1.29 is 61.6 Å². The summed E-state index contributed by atoms with van der Waals surface area (Å²) in [7, 11) is -9.70. The standard InChI is InChI=1S/C46H78O13P2/c1-3-5-7-9-11-13-15-17-19-20-21-22-24-25-27-29-31-33-35-37-45(48)55-41-44(42-58-61(53,54)57-40-43(47)39-56-60(50,51)52)59-46(49)38-36-34-32-30-28-26-23-18-16-14-12-10-8-6-4-2/h5,7,11,13,17-19,21-23,25,27,31,33,43-44,47H,3-4,6,8-10,12,14-16,20,24,26,28-30,32,34-42H2,1-2H3,(H,53,54)(H2,50,51,52)/b7-5-,13-11-,19-17-,22-21-,23-18-,27-25-,33-31-/t43-,44+/m0/s1. The van der Waals surface area contributed by atoms with Crippen molar-refractivity contribution in [2.45, 2.75) is 167 Å². The van der Waals surface area contributed by atoms with E-state index in [2.05, 4.69) is 89.7 Å². The smallest absolute Gasteiger partial charge is 0.462 e. The van der Waals surface area contributed by atoms with Gasteiger partial charge in [0.2, 0.25) is 0 Å².